The van der Waals surface area contributed by atoms with Crippen molar-refractivity contribution in [3.63, 3.8) is 0 Å². The van der Waals surface area contributed by atoms with Crippen molar-refractivity contribution < 1.29 is 9.15 Å². The average molecular weight is 795 g/mol. The molecule has 0 aliphatic carbocycles. The van der Waals surface area contributed by atoms with E-state index in [1.54, 1.807) is 0 Å². The van der Waals surface area contributed by atoms with E-state index in [0.717, 1.165) is 106 Å². The van der Waals surface area contributed by atoms with Gasteiger partial charge in [-0.25, -0.2) is 0 Å². The van der Waals surface area contributed by atoms with Crippen molar-refractivity contribution in [2.75, 3.05) is 9.80 Å². The van der Waals surface area contributed by atoms with Gasteiger partial charge in [0.15, 0.2) is 5.75 Å². The lowest BCUT2D eigenvalue weighted by molar-refractivity contribution is 0.488. The van der Waals surface area contributed by atoms with Gasteiger partial charge in [0, 0.05) is 55.7 Å². The Kier molecular flexibility index (Phi) is 8.46. The van der Waals surface area contributed by atoms with Crippen LogP contribution in [-0.4, -0.2) is 0 Å². The summed E-state index contributed by atoms with van der Waals surface area (Å²) >= 11 is 0. The summed E-state index contributed by atoms with van der Waals surface area (Å²) in [6.07, 6.45) is 0. The third kappa shape index (κ3) is 6.00. The molecule has 0 saturated carbocycles. The Balaban J connectivity index is 1.00. The summed E-state index contributed by atoms with van der Waals surface area (Å²) in [5, 5.41) is 4.44. The van der Waals surface area contributed by atoms with E-state index in [1.165, 1.54) is 5.56 Å². The number of hydrogen-bond acceptors (Lipinski definition) is 4. The van der Waals surface area contributed by atoms with Gasteiger partial charge in [-0.15, -0.1) is 0 Å². The van der Waals surface area contributed by atoms with Crippen molar-refractivity contribution in [2.24, 2.45) is 0 Å². The largest absolute Gasteiger partial charge is 0.455 e. The lowest BCUT2D eigenvalue weighted by Crippen LogP contribution is -2.13. The zero-order valence-electron chi connectivity index (χ0n) is 33.7. The number of para-hydroxylation sites is 4. The molecule has 2 heterocycles. The average Bonchev–Trinajstić information content (AvgIpc) is 3.73. The zero-order valence-corrected chi connectivity index (χ0v) is 33.7. The molecular formula is C58H38N2O2. The lowest BCUT2D eigenvalue weighted by Gasteiger charge is -2.31. The van der Waals surface area contributed by atoms with Crippen molar-refractivity contribution in [1.29, 1.82) is 0 Å². The van der Waals surface area contributed by atoms with E-state index in [1.807, 2.05) is 12.1 Å². The van der Waals surface area contributed by atoms with E-state index in [2.05, 4.69) is 228 Å². The standard InChI is InChI=1S/C58H38N2O2/c1-4-14-39(15-5-1)40-26-31-45(32-27-40)60(46-33-28-41(29-34-46)48-22-13-24-51-49-21-10-11-25-54(49)61-57(48)51)53-36-30-42-16-12-23-50-52-38-47(35-37-55(52)62-58(53)56(42)50)59(43-17-6-2-7-18-43)44-19-8-3-9-20-44/h1-38H. The molecular weight excluding hydrogens is 757 g/mol. The van der Waals surface area contributed by atoms with E-state index < -0.39 is 0 Å². The highest BCUT2D eigenvalue weighted by molar-refractivity contribution is 6.10. The van der Waals surface area contributed by atoms with Gasteiger partial charge in [-0.3, -0.25) is 0 Å². The van der Waals surface area contributed by atoms with E-state index >= 15 is 0 Å². The van der Waals surface area contributed by atoms with Crippen LogP contribution >= 0.6 is 0 Å². The van der Waals surface area contributed by atoms with Gasteiger partial charge in [0.1, 0.15) is 16.9 Å². The minimum atomic E-state index is 0.816. The quantitative estimate of drug-likeness (QED) is 0.153. The number of benzene rings is 10. The first-order valence-electron chi connectivity index (χ1n) is 21.0. The number of anilines is 6. The SMILES string of the molecule is c1ccc(-c2ccc(N(c3ccc(-c4cccc5c4oc4ccccc45)cc3)c3ccc4cccc5c4c3Oc3ccc(N(c4ccccc4)c4ccccc4)cc3-5)cc2)cc1. The van der Waals surface area contributed by atoms with Crippen molar-refractivity contribution in [1.82, 2.24) is 0 Å². The van der Waals surface area contributed by atoms with Crippen LogP contribution in [0.5, 0.6) is 11.5 Å². The van der Waals surface area contributed by atoms with Gasteiger partial charge in [-0.05, 0) is 107 Å². The molecule has 0 spiro atoms. The van der Waals surface area contributed by atoms with Gasteiger partial charge in [0.2, 0.25) is 0 Å². The summed E-state index contributed by atoms with van der Waals surface area (Å²) in [6, 6.07) is 81.4. The van der Waals surface area contributed by atoms with E-state index in [9.17, 15) is 0 Å². The Morgan fingerprint density at radius 3 is 1.63 bits per heavy atom. The smallest absolute Gasteiger partial charge is 0.159 e. The van der Waals surface area contributed by atoms with E-state index in [4.69, 9.17) is 9.15 Å². The fourth-order valence-electron chi connectivity index (χ4n) is 9.13. The molecule has 10 aromatic carbocycles. The molecule has 0 unspecified atom stereocenters. The summed E-state index contributed by atoms with van der Waals surface area (Å²) in [6.45, 7) is 0. The highest BCUT2D eigenvalue weighted by atomic mass is 16.5. The topological polar surface area (TPSA) is 28.9 Å². The summed E-state index contributed by atoms with van der Waals surface area (Å²) in [4.78, 5) is 4.61. The Labute approximate surface area is 359 Å². The molecule has 62 heavy (non-hydrogen) atoms. The Bertz CT molecular complexity index is 3380. The Morgan fingerprint density at radius 1 is 0.339 bits per heavy atom. The van der Waals surface area contributed by atoms with Gasteiger partial charge in [-0.1, -0.05) is 152 Å². The van der Waals surface area contributed by atoms with Gasteiger partial charge < -0.3 is 19.0 Å². The molecule has 0 amide bonds. The monoisotopic (exact) mass is 794 g/mol. The molecule has 1 aromatic heterocycles. The molecule has 0 fully saturated rings. The highest BCUT2D eigenvalue weighted by Crippen LogP contribution is 2.54. The van der Waals surface area contributed by atoms with Crippen LogP contribution in [0.3, 0.4) is 0 Å². The van der Waals surface area contributed by atoms with Crippen LogP contribution in [0, 0.1) is 0 Å². The van der Waals surface area contributed by atoms with Gasteiger partial charge in [0.05, 0.1) is 5.69 Å². The summed E-state index contributed by atoms with van der Waals surface area (Å²) in [7, 11) is 0. The molecule has 0 atom stereocenters. The van der Waals surface area contributed by atoms with Crippen LogP contribution in [-0.2, 0) is 0 Å². The summed E-state index contributed by atoms with van der Waals surface area (Å²) in [5.41, 5.74) is 14.7. The number of ether oxygens (including phenoxy) is 1. The minimum Gasteiger partial charge on any atom is -0.455 e. The molecule has 292 valence electrons. The van der Waals surface area contributed by atoms with Crippen LogP contribution < -0.4 is 14.5 Å². The molecule has 4 nitrogen and oxygen atoms in total. The van der Waals surface area contributed by atoms with Crippen molar-refractivity contribution in [3.05, 3.63) is 231 Å². The van der Waals surface area contributed by atoms with E-state index in [-0.39, 0.29) is 0 Å². The van der Waals surface area contributed by atoms with Gasteiger partial charge in [-0.2, -0.15) is 0 Å². The fraction of sp³-hybridized carbons (Fsp3) is 0. The van der Waals surface area contributed by atoms with Crippen LogP contribution in [0.15, 0.2) is 235 Å². The number of nitrogens with zero attached hydrogens (tertiary/aromatic N) is 2. The highest BCUT2D eigenvalue weighted by Gasteiger charge is 2.28. The van der Waals surface area contributed by atoms with Gasteiger partial charge >= 0.3 is 0 Å². The molecule has 1 aliphatic heterocycles. The molecule has 12 rings (SSSR count). The molecule has 1 aliphatic rings. The van der Waals surface area contributed by atoms with Crippen LogP contribution in [0.2, 0.25) is 0 Å². The maximum atomic E-state index is 7.14. The first-order chi connectivity index (χ1) is 30.7. The van der Waals surface area contributed by atoms with Crippen molar-refractivity contribution in [3.8, 4) is 44.9 Å². The predicted octanol–water partition coefficient (Wildman–Crippen LogP) is 16.8. The number of hydrogen-bond donors (Lipinski definition) is 0. The lowest BCUT2D eigenvalue weighted by atomic mass is 9.93. The molecule has 0 saturated heterocycles. The fourth-order valence-corrected chi connectivity index (χ4v) is 9.13. The van der Waals surface area contributed by atoms with Gasteiger partial charge in [0.25, 0.3) is 0 Å². The van der Waals surface area contributed by atoms with E-state index in [0.29, 0.717) is 0 Å². The normalized spacial score (nSPS) is 11.7. The zero-order chi connectivity index (χ0) is 41.0. The number of fused-ring (bicyclic) bond motifs is 5. The summed E-state index contributed by atoms with van der Waals surface area (Å²) in [5.74, 6) is 1.64. The third-order valence-electron chi connectivity index (χ3n) is 12.0. The Morgan fingerprint density at radius 2 is 0.903 bits per heavy atom. The maximum Gasteiger partial charge on any atom is 0.159 e. The van der Waals surface area contributed by atoms with Crippen molar-refractivity contribution >= 4 is 66.8 Å². The minimum absolute atomic E-state index is 0.816. The first-order valence-corrected chi connectivity index (χ1v) is 21.0. The second kappa shape index (κ2) is 14.7. The molecule has 0 radical (unpaired) electrons. The van der Waals surface area contributed by atoms with Crippen LogP contribution in [0.1, 0.15) is 0 Å². The van der Waals surface area contributed by atoms with Crippen LogP contribution in [0.25, 0.3) is 66.1 Å². The predicted molar refractivity (Wildman–Crippen MR) is 257 cm³/mol. The van der Waals surface area contributed by atoms with Crippen molar-refractivity contribution in [2.45, 2.75) is 0 Å². The second-order valence-electron chi connectivity index (χ2n) is 15.7. The molecule has 0 bridgehead atoms. The summed E-state index contributed by atoms with van der Waals surface area (Å²) < 4.78 is 13.6. The molecule has 0 N–H and O–H groups in total. The third-order valence-corrected chi connectivity index (χ3v) is 12.0. The number of furan rings is 1. The molecule has 11 aromatic rings. The first kappa shape index (κ1) is 35.6. The second-order valence-corrected chi connectivity index (χ2v) is 15.7. The molecule has 4 heteroatoms. The number of rotatable bonds is 8. The Hall–Kier alpha value is -8.34. The maximum absolute atomic E-state index is 7.14. The van der Waals surface area contributed by atoms with Crippen LogP contribution in [0.4, 0.5) is 34.1 Å².